The Kier molecular flexibility index (Phi) is 5.14. The first-order valence-corrected chi connectivity index (χ1v) is 7.23. The van der Waals surface area contributed by atoms with Gasteiger partial charge in [0.15, 0.2) is 0 Å². The van der Waals surface area contributed by atoms with E-state index in [2.05, 4.69) is 16.5 Å². The monoisotopic (exact) mass is 280 g/mol. The van der Waals surface area contributed by atoms with Crippen LogP contribution < -0.4 is 5.73 Å². The number of imidazole rings is 1. The summed E-state index contributed by atoms with van der Waals surface area (Å²) in [6, 6.07) is -0.141. The van der Waals surface area contributed by atoms with Gasteiger partial charge in [-0.25, -0.2) is 4.98 Å². The molecule has 2 unspecified atom stereocenters. The Morgan fingerprint density at radius 1 is 1.50 bits per heavy atom. The number of rotatable bonds is 6. The van der Waals surface area contributed by atoms with Gasteiger partial charge < -0.3 is 19.9 Å². The molecule has 1 aliphatic heterocycles. The number of piperidine rings is 1. The van der Waals surface area contributed by atoms with Crippen molar-refractivity contribution in [1.29, 1.82) is 0 Å². The third-order valence-electron chi connectivity index (χ3n) is 3.80. The van der Waals surface area contributed by atoms with Gasteiger partial charge in [-0.2, -0.15) is 0 Å². The van der Waals surface area contributed by atoms with Crippen LogP contribution in [0, 0.1) is 0 Å². The molecule has 2 N–H and O–H groups in total. The molecule has 1 amide bonds. The molecule has 2 atom stereocenters. The van der Waals surface area contributed by atoms with Gasteiger partial charge in [-0.15, -0.1) is 0 Å². The lowest BCUT2D eigenvalue weighted by atomic mass is 9.94. The molecule has 6 nitrogen and oxygen atoms in total. The van der Waals surface area contributed by atoms with E-state index in [1.807, 2.05) is 17.4 Å². The Morgan fingerprint density at radius 3 is 3.00 bits per heavy atom. The number of amides is 1. The predicted molar refractivity (Wildman–Crippen MR) is 76.1 cm³/mol. The van der Waals surface area contributed by atoms with Gasteiger partial charge in [0.05, 0.1) is 30.9 Å². The van der Waals surface area contributed by atoms with Crippen LogP contribution in [-0.2, 0) is 16.1 Å². The number of hydrogen-bond acceptors (Lipinski definition) is 4. The Balaban J connectivity index is 2.27. The molecule has 0 spiro atoms. The minimum Gasteiger partial charge on any atom is -0.383 e. The highest BCUT2D eigenvalue weighted by Crippen LogP contribution is 2.30. The number of nitrogens with two attached hydrogens (primary N) is 1. The first-order chi connectivity index (χ1) is 9.69. The van der Waals surface area contributed by atoms with Crippen LogP contribution in [0.4, 0.5) is 0 Å². The minimum atomic E-state index is -0.0968. The number of carbonyl (C=O) groups excluding carboxylic acids is 1. The molecule has 2 heterocycles. The van der Waals surface area contributed by atoms with E-state index in [-0.39, 0.29) is 18.0 Å². The molecule has 2 rings (SSSR count). The molecule has 0 bridgehead atoms. The normalized spacial score (nSPS) is 23.4. The summed E-state index contributed by atoms with van der Waals surface area (Å²) in [5.74, 6) is 0.151. The Bertz CT molecular complexity index is 446. The smallest absolute Gasteiger partial charge is 0.223 e. The third-order valence-corrected chi connectivity index (χ3v) is 3.80. The Hall–Kier alpha value is -1.40. The lowest BCUT2D eigenvalue weighted by Crippen LogP contribution is -2.50. The van der Waals surface area contributed by atoms with E-state index >= 15 is 0 Å². The maximum absolute atomic E-state index is 12.2. The van der Waals surface area contributed by atoms with Crippen molar-refractivity contribution in [3.05, 3.63) is 18.2 Å². The summed E-state index contributed by atoms with van der Waals surface area (Å²) in [6.07, 6.45) is 5.92. The van der Waals surface area contributed by atoms with Gasteiger partial charge in [0.25, 0.3) is 0 Å². The van der Waals surface area contributed by atoms with Gasteiger partial charge >= 0.3 is 0 Å². The van der Waals surface area contributed by atoms with Crippen LogP contribution in [0.25, 0.3) is 0 Å². The van der Waals surface area contributed by atoms with E-state index in [4.69, 9.17) is 10.5 Å². The van der Waals surface area contributed by atoms with E-state index in [9.17, 15) is 4.79 Å². The first-order valence-electron chi connectivity index (χ1n) is 7.23. The summed E-state index contributed by atoms with van der Waals surface area (Å²) in [6.45, 7) is 4.12. The molecule has 0 saturated carbocycles. The van der Waals surface area contributed by atoms with Gasteiger partial charge in [0.2, 0.25) is 5.91 Å². The maximum Gasteiger partial charge on any atom is 0.223 e. The fourth-order valence-electron chi connectivity index (χ4n) is 2.82. The average Bonchev–Trinajstić information content (AvgIpc) is 2.88. The van der Waals surface area contributed by atoms with Crippen molar-refractivity contribution < 1.29 is 9.53 Å². The average molecular weight is 280 g/mol. The number of likely N-dealkylation sites (tertiary alicyclic amines) is 1. The van der Waals surface area contributed by atoms with Crippen LogP contribution in [-0.4, -0.2) is 46.7 Å². The number of aryl methyl sites for hydroxylation is 1. The molecule has 0 aromatic carbocycles. The molecular weight excluding hydrogens is 256 g/mol. The summed E-state index contributed by atoms with van der Waals surface area (Å²) in [7, 11) is 1.64. The lowest BCUT2D eigenvalue weighted by Gasteiger charge is -2.39. The van der Waals surface area contributed by atoms with Crippen LogP contribution in [0.2, 0.25) is 0 Å². The van der Waals surface area contributed by atoms with Crippen LogP contribution in [0.3, 0.4) is 0 Å². The van der Waals surface area contributed by atoms with Crippen molar-refractivity contribution in [2.24, 2.45) is 5.73 Å². The Labute approximate surface area is 119 Å². The number of nitrogens with zero attached hydrogens (tertiary/aromatic N) is 3. The van der Waals surface area contributed by atoms with Gasteiger partial charge in [-0.1, -0.05) is 6.92 Å². The molecule has 1 saturated heterocycles. The molecule has 1 fully saturated rings. The van der Waals surface area contributed by atoms with Gasteiger partial charge in [-0.05, 0) is 12.8 Å². The first kappa shape index (κ1) is 15.0. The van der Waals surface area contributed by atoms with E-state index in [1.54, 1.807) is 7.11 Å². The van der Waals surface area contributed by atoms with Crippen LogP contribution >= 0.6 is 0 Å². The van der Waals surface area contributed by atoms with Gasteiger partial charge in [0, 0.05) is 32.7 Å². The molecule has 1 aromatic heterocycles. The minimum absolute atomic E-state index is 0.0446. The second kappa shape index (κ2) is 6.85. The summed E-state index contributed by atoms with van der Waals surface area (Å²) in [5, 5.41) is 0. The molecule has 0 radical (unpaired) electrons. The summed E-state index contributed by atoms with van der Waals surface area (Å²) >= 11 is 0. The number of ether oxygens (including phenoxy) is 1. The standard InChI is InChI=1S/C14H24N4O2/c1-3-6-17-10-16-9-12(17)14-11(15)4-5-13(19)18(14)7-8-20-2/h9-11,14H,3-8,15H2,1-2H3. The topological polar surface area (TPSA) is 73.4 Å². The van der Waals surface area contributed by atoms with Gasteiger partial charge in [0.1, 0.15) is 0 Å². The fraction of sp³-hybridized carbons (Fsp3) is 0.714. The van der Waals surface area contributed by atoms with Crippen molar-refractivity contribution in [1.82, 2.24) is 14.5 Å². The van der Waals surface area contributed by atoms with Crippen molar-refractivity contribution in [2.75, 3.05) is 20.3 Å². The summed E-state index contributed by atoms with van der Waals surface area (Å²) in [5.41, 5.74) is 7.31. The van der Waals surface area contributed by atoms with Crippen molar-refractivity contribution >= 4 is 5.91 Å². The molecule has 112 valence electrons. The van der Waals surface area contributed by atoms with E-state index in [0.717, 1.165) is 25.1 Å². The lowest BCUT2D eigenvalue weighted by molar-refractivity contribution is -0.138. The Morgan fingerprint density at radius 2 is 2.30 bits per heavy atom. The SMILES string of the molecule is CCCn1cncc1C1C(N)CCC(=O)N1CCOC. The zero-order valence-corrected chi connectivity index (χ0v) is 12.3. The van der Waals surface area contributed by atoms with Crippen LogP contribution in [0.5, 0.6) is 0 Å². The highest BCUT2D eigenvalue weighted by atomic mass is 16.5. The zero-order chi connectivity index (χ0) is 14.5. The summed E-state index contributed by atoms with van der Waals surface area (Å²) < 4.78 is 7.21. The van der Waals surface area contributed by atoms with Crippen molar-refractivity contribution in [3.8, 4) is 0 Å². The van der Waals surface area contributed by atoms with Crippen LogP contribution in [0.15, 0.2) is 12.5 Å². The molecule has 1 aromatic rings. The zero-order valence-electron chi connectivity index (χ0n) is 12.3. The number of hydrogen-bond donors (Lipinski definition) is 1. The molecule has 6 heteroatoms. The van der Waals surface area contributed by atoms with Crippen molar-refractivity contribution in [3.63, 3.8) is 0 Å². The van der Waals surface area contributed by atoms with E-state index in [0.29, 0.717) is 19.6 Å². The maximum atomic E-state index is 12.2. The highest BCUT2D eigenvalue weighted by Gasteiger charge is 2.36. The molecule has 0 aliphatic carbocycles. The van der Waals surface area contributed by atoms with E-state index < -0.39 is 0 Å². The second-order valence-corrected chi connectivity index (χ2v) is 5.24. The van der Waals surface area contributed by atoms with E-state index in [1.165, 1.54) is 0 Å². The predicted octanol–water partition coefficient (Wildman–Crippen LogP) is 0.930. The largest absolute Gasteiger partial charge is 0.383 e. The highest BCUT2D eigenvalue weighted by molar-refractivity contribution is 5.77. The van der Waals surface area contributed by atoms with Gasteiger partial charge in [-0.3, -0.25) is 4.79 Å². The quantitative estimate of drug-likeness (QED) is 0.841. The van der Waals surface area contributed by atoms with Crippen molar-refractivity contribution in [2.45, 2.75) is 44.8 Å². The third kappa shape index (κ3) is 3.02. The second-order valence-electron chi connectivity index (χ2n) is 5.24. The summed E-state index contributed by atoms with van der Waals surface area (Å²) in [4.78, 5) is 18.3. The number of carbonyl (C=O) groups is 1. The molecular formula is C14H24N4O2. The fourth-order valence-corrected chi connectivity index (χ4v) is 2.82. The molecule has 20 heavy (non-hydrogen) atoms. The van der Waals surface area contributed by atoms with Crippen LogP contribution in [0.1, 0.15) is 37.9 Å². The molecule has 1 aliphatic rings. The number of methoxy groups -OCH3 is 1. The number of aromatic nitrogens is 2.